The molecule has 0 aliphatic heterocycles. The molecule has 13 aromatic carbocycles. The highest BCUT2D eigenvalue weighted by Gasteiger charge is 2.30. The zero-order chi connectivity index (χ0) is 109. The Kier molecular flexibility index (Phi) is 42.4. The number of hydrogen-bond acceptors (Lipinski definition) is 19. The molecule has 0 radical (unpaired) electrons. The number of ether oxygens (including phenoxy) is 2. The number of thiazole rings is 1. The number of alkyl halides is 2. The zero-order valence-corrected chi connectivity index (χ0v) is 86.6. The number of rotatable bonds is 28. The molecule has 0 saturated carbocycles. The number of amides is 13. The minimum atomic E-state index is -3.04. The summed E-state index contributed by atoms with van der Waals surface area (Å²) >= 11 is 1.60. The van der Waals surface area contributed by atoms with Gasteiger partial charge in [-0.3, -0.25) is 5.32 Å². The number of urea groups is 6. The van der Waals surface area contributed by atoms with E-state index in [1.807, 2.05) is 181 Å². The topological polar surface area (TPSA) is 436 Å². The monoisotopic (exact) mass is 2060 g/mol. The van der Waals surface area contributed by atoms with Crippen molar-refractivity contribution in [2.24, 2.45) is 0 Å². The molecule has 0 fully saturated rings. The second kappa shape index (κ2) is 55.6. The van der Waals surface area contributed by atoms with Crippen LogP contribution >= 0.6 is 11.3 Å². The number of aromatic nitrogens is 1. The van der Waals surface area contributed by atoms with Gasteiger partial charge in [-0.05, 0) is 295 Å². The van der Waals surface area contributed by atoms with Gasteiger partial charge in [0.25, 0.3) is 5.92 Å². The number of benzene rings is 13. The van der Waals surface area contributed by atoms with Crippen molar-refractivity contribution in [3.63, 3.8) is 0 Å². The predicted molar refractivity (Wildman–Crippen MR) is 585 cm³/mol. The number of phenols is 7. The lowest BCUT2D eigenvalue weighted by Gasteiger charge is -2.26. The minimum absolute atomic E-state index is 0.0503. The van der Waals surface area contributed by atoms with Crippen LogP contribution in [0.5, 0.6) is 46.0 Å². The third-order valence-corrected chi connectivity index (χ3v) is 24.8. The van der Waals surface area contributed by atoms with E-state index in [4.69, 9.17) is 9.15 Å². The largest absolute Gasteiger partial charge is 0.508 e. The number of anilines is 7. The van der Waals surface area contributed by atoms with Crippen LogP contribution in [0.25, 0.3) is 32.5 Å². The molecule has 0 bridgehead atoms. The molecule has 13 amide bonds. The van der Waals surface area contributed by atoms with Gasteiger partial charge in [0, 0.05) is 128 Å². The van der Waals surface area contributed by atoms with Crippen LogP contribution in [0.15, 0.2) is 289 Å². The Balaban J connectivity index is 0.000000184. The summed E-state index contributed by atoms with van der Waals surface area (Å²) in [6.07, 6.45) is 3.13. The van der Waals surface area contributed by atoms with Crippen LogP contribution < -0.4 is 57.9 Å². The molecule has 150 heavy (non-hydrogen) atoms. The Labute approximate surface area is 873 Å². The molecule has 0 aliphatic rings. The molecule has 0 saturated heterocycles. The number of halogens is 3. The molecule has 35 heteroatoms. The summed E-state index contributed by atoms with van der Waals surface area (Å²) in [5.74, 6) is -2.15. The van der Waals surface area contributed by atoms with Crippen molar-refractivity contribution in [2.45, 2.75) is 125 Å². The molecule has 0 aliphatic carbocycles. The van der Waals surface area contributed by atoms with Gasteiger partial charge in [-0.2, -0.15) is 0 Å². The molecule has 15 rings (SSSR count). The SMILES string of the molecule is CC(Cc1ccc(O)cc1)N(C)C(=O)Nc1ccccc1C(C)(F)F.COC(=O)Nc1cccc(NC(=O)NCCc2ccc(C)c(O)c2)c1.COc1cc2c(cc1NC(=O)NCCc1ccc(O)c(O)c1)oc1ccccc12.Cc1ccc(NC(=O)N(C)C(C)Cc2ccc(O)cc2)c(F)c1.Cc1cccc(NC(=O)N(C)C(C)Cc2ccc(O)cc2)c1.Cc1csc(-c2ccc(NC(=O)NCCc3ccc(C)c(O)c3)cc2)n1. The number of carbonyl (C=O) groups is 7. The second-order valence-corrected chi connectivity index (χ2v) is 36.6. The standard InChI is InChI=1S/C22H20N2O5.C20H21N3O2S.C19H22F2N2O2.C18H21FN2O2.C18H21N3O4.C18H22N2O2/c1-28-21-11-15-14-4-2-3-5-19(14)29-20(15)12-16(21)24-22(27)23-9-8-13-6-7-17(25)18(26)10-13;1-13-3-4-15(11-18(13)24)9-10-21-20(25)23-17-7-5-16(6-8-17)19-22-14(2)12-26-19;1-13(12-14-8-10-15(24)11-9-14)23(3)18(25)22-17-7-5-4-6-16(17)19(2,20)21;1-12-4-9-17(16(19)10-12)20-18(23)21(3)13(2)11-14-5-7-15(22)8-6-14;1-12-6-7-13(10-16(12)22)8-9-19-17(23)20-14-4-3-5-15(11-14)21-18(24)25-2;1-13-5-4-6-16(11-13)19-18(22)20(3)14(2)12-15-7-9-17(21)10-8-15/h2-7,10-12,25-26H,8-9H2,1H3,(H2,23,24,27);3-8,11-12,24H,9-10H2,1-2H3,(H2,21,23,25);4-11,13,24H,12H2,1-3H3,(H,22,25);4-10,13,22H,11H2,1-3H3,(H,20,23);3-7,10-11,22H,8-9H2,1-2H3,(H,21,24)(H2,19,20,23);4-11,14,21H,12H2,1-3H3,(H,19,22). The molecule has 0 spiro atoms. The molecule has 15 aromatic rings. The lowest BCUT2D eigenvalue weighted by molar-refractivity contribution is 0.0182. The fraction of sp³-hybridized carbons (Fsp3) is 0.235. The highest BCUT2D eigenvalue weighted by atomic mass is 32.1. The van der Waals surface area contributed by atoms with Gasteiger partial charge < -0.3 is 112 Å². The lowest BCUT2D eigenvalue weighted by Crippen LogP contribution is -2.39. The van der Waals surface area contributed by atoms with Crippen LogP contribution in [0.2, 0.25) is 0 Å². The van der Waals surface area contributed by atoms with Gasteiger partial charge >= 0.3 is 42.3 Å². The number of phenolic OH excluding ortho intramolecular Hbond substituents is 7. The molecule has 3 atom stereocenters. The summed E-state index contributed by atoms with van der Waals surface area (Å²) in [5.41, 5.74) is 15.9. The van der Waals surface area contributed by atoms with Crippen molar-refractivity contribution < 1.29 is 96.4 Å². The molecule has 3 unspecified atom stereocenters. The quantitative estimate of drug-likeness (QED) is 0.0203. The lowest BCUT2D eigenvalue weighted by atomic mass is 10.1. The average molecular weight is 2070 g/mol. The molecular weight excluding hydrogens is 1940 g/mol. The number of para-hydroxylation sites is 2. The van der Waals surface area contributed by atoms with Gasteiger partial charge in [-0.25, -0.2) is 51.7 Å². The highest BCUT2D eigenvalue weighted by molar-refractivity contribution is 7.13. The van der Waals surface area contributed by atoms with Gasteiger partial charge in [-0.1, -0.05) is 127 Å². The third-order valence-electron chi connectivity index (χ3n) is 23.8. The summed E-state index contributed by atoms with van der Waals surface area (Å²) in [6.45, 7) is 17.3. The first kappa shape index (κ1) is 114. The summed E-state index contributed by atoms with van der Waals surface area (Å²) in [4.78, 5) is 93.5. The number of aryl methyl sites for hydroxylation is 5. The van der Waals surface area contributed by atoms with E-state index in [1.165, 1.54) is 53.3 Å². The van der Waals surface area contributed by atoms with Crippen LogP contribution in [0.3, 0.4) is 0 Å². The van der Waals surface area contributed by atoms with E-state index in [2.05, 4.69) is 62.9 Å². The molecule has 2 heterocycles. The van der Waals surface area contributed by atoms with Gasteiger partial charge in [0.1, 0.15) is 56.5 Å². The number of likely N-dealkylation sites (N-methyl/N-ethyl adjacent to an activating group) is 3. The van der Waals surface area contributed by atoms with Crippen LogP contribution in [-0.2, 0) is 49.2 Å². The fourth-order valence-electron chi connectivity index (χ4n) is 14.8. The van der Waals surface area contributed by atoms with Crippen LogP contribution in [0.1, 0.15) is 94.6 Å². The second-order valence-electron chi connectivity index (χ2n) is 35.7. The molecular formula is C115H127F3N14O17S. The van der Waals surface area contributed by atoms with E-state index in [0.717, 1.165) is 113 Å². The Hall–Kier alpha value is -17.6. The van der Waals surface area contributed by atoms with Crippen molar-refractivity contribution >= 4 is 115 Å². The van der Waals surface area contributed by atoms with Gasteiger partial charge in [0.2, 0.25) is 0 Å². The molecule has 17 N–H and O–H groups in total. The van der Waals surface area contributed by atoms with Crippen molar-refractivity contribution in [1.82, 2.24) is 35.6 Å². The fourth-order valence-corrected chi connectivity index (χ4v) is 15.6. The van der Waals surface area contributed by atoms with Crippen molar-refractivity contribution in [3.05, 3.63) is 357 Å². The number of nitrogens with zero attached hydrogens (tertiary/aromatic N) is 4. The number of aromatic hydroxyl groups is 7. The van der Waals surface area contributed by atoms with E-state index in [0.29, 0.717) is 80.1 Å². The number of fused-ring (bicyclic) bond motifs is 3. The predicted octanol–water partition coefficient (Wildman–Crippen LogP) is 24.4. The van der Waals surface area contributed by atoms with Crippen LogP contribution in [0.4, 0.5) is 86.5 Å². The molecule has 2 aromatic heterocycles. The van der Waals surface area contributed by atoms with E-state index in [-0.39, 0.29) is 105 Å². The molecule has 31 nitrogen and oxygen atoms in total. The number of carbonyl (C=O) groups excluding carboxylic acids is 7. The van der Waals surface area contributed by atoms with Crippen LogP contribution in [-0.4, -0.2) is 171 Å². The van der Waals surface area contributed by atoms with E-state index < -0.39 is 23.9 Å². The average Bonchev–Trinajstić information content (AvgIpc) is 1.61. The van der Waals surface area contributed by atoms with Gasteiger partial charge in [-0.15, -0.1) is 11.3 Å². The highest BCUT2D eigenvalue weighted by Crippen LogP contribution is 2.38. The first-order valence-electron chi connectivity index (χ1n) is 48.0. The third kappa shape index (κ3) is 36.2. The zero-order valence-electron chi connectivity index (χ0n) is 85.8. The van der Waals surface area contributed by atoms with Crippen molar-refractivity contribution in [3.8, 4) is 56.6 Å². The van der Waals surface area contributed by atoms with Gasteiger partial charge in [0.15, 0.2) is 11.5 Å². The Morgan fingerprint density at radius 1 is 0.400 bits per heavy atom. The van der Waals surface area contributed by atoms with E-state index in [1.54, 1.807) is 167 Å². The minimum Gasteiger partial charge on any atom is -0.508 e. The Morgan fingerprint density at radius 3 is 1.31 bits per heavy atom. The van der Waals surface area contributed by atoms with Crippen molar-refractivity contribution in [2.75, 3.05) is 92.2 Å². The Bertz CT molecular complexity index is 7060. The first-order chi connectivity index (χ1) is 71.5. The van der Waals surface area contributed by atoms with Crippen molar-refractivity contribution in [1.29, 1.82) is 0 Å². The number of methoxy groups -OCH3 is 2. The number of nitrogens with one attached hydrogen (secondary N) is 10. The summed E-state index contributed by atoms with van der Waals surface area (Å²) in [7, 11) is 7.90. The Morgan fingerprint density at radius 2 is 0.840 bits per heavy atom. The number of hydrogen-bond donors (Lipinski definition) is 17. The van der Waals surface area contributed by atoms with E-state index >= 15 is 0 Å². The summed E-state index contributed by atoms with van der Waals surface area (Å²) in [5, 5.41) is 98.2. The maximum absolute atomic E-state index is 13.8. The number of furan rings is 1. The maximum atomic E-state index is 13.8. The first-order valence-corrected chi connectivity index (χ1v) is 48.9. The normalized spacial score (nSPS) is 11.2. The van der Waals surface area contributed by atoms with Gasteiger partial charge in [0.05, 0.1) is 31.3 Å². The smallest absolute Gasteiger partial charge is 0.411 e. The summed E-state index contributed by atoms with van der Waals surface area (Å²) < 4.78 is 56.9. The van der Waals surface area contributed by atoms with E-state index in [9.17, 15) is 82.5 Å². The maximum Gasteiger partial charge on any atom is 0.411 e. The van der Waals surface area contributed by atoms with Crippen LogP contribution in [0, 0.1) is 40.4 Å². The summed E-state index contributed by atoms with van der Waals surface area (Å²) in [6, 6.07) is 78.1. The molecule has 786 valence electrons.